The number of hydrogen-bond acceptors (Lipinski definition) is 3. The normalized spacial score (nSPS) is 10.5. The maximum absolute atomic E-state index is 13.9. The molecule has 0 fully saturated rings. The molecule has 0 bridgehead atoms. The van der Waals surface area contributed by atoms with Gasteiger partial charge in [-0.15, -0.1) is 0 Å². The van der Waals surface area contributed by atoms with Crippen LogP contribution in [0, 0.1) is 12.7 Å². The molecule has 0 aliphatic rings. The molecule has 0 saturated heterocycles. The van der Waals surface area contributed by atoms with E-state index < -0.39 is 0 Å². The number of halogens is 1. The van der Waals surface area contributed by atoms with Gasteiger partial charge in [0.25, 0.3) is 0 Å². The van der Waals surface area contributed by atoms with Gasteiger partial charge in [0.15, 0.2) is 0 Å². The molecule has 0 unspecified atom stereocenters. The van der Waals surface area contributed by atoms with Crippen LogP contribution in [0.1, 0.15) is 11.3 Å². The molecule has 2 N–H and O–H groups in total. The molecule has 0 spiro atoms. The van der Waals surface area contributed by atoms with Crippen molar-refractivity contribution in [1.82, 2.24) is 9.78 Å². The highest BCUT2D eigenvalue weighted by Gasteiger charge is 2.21. The van der Waals surface area contributed by atoms with Gasteiger partial charge in [-0.3, -0.25) is 4.68 Å². The summed E-state index contributed by atoms with van der Waals surface area (Å²) in [6.45, 7) is 1.83. The van der Waals surface area contributed by atoms with Gasteiger partial charge in [-0.05, 0) is 19.1 Å². The van der Waals surface area contributed by atoms with Crippen LogP contribution in [-0.4, -0.2) is 21.8 Å². The summed E-state index contributed by atoms with van der Waals surface area (Å²) in [5, 5.41) is 4.29. The van der Waals surface area contributed by atoms with Crippen molar-refractivity contribution in [2.24, 2.45) is 12.8 Å². The van der Waals surface area contributed by atoms with Crippen molar-refractivity contribution in [3.63, 3.8) is 0 Å². The van der Waals surface area contributed by atoms with Crippen molar-refractivity contribution in [3.8, 4) is 0 Å². The Kier molecular flexibility index (Phi) is 3.53. The lowest BCUT2D eigenvalue weighted by molar-refractivity contribution is 0.626. The van der Waals surface area contributed by atoms with E-state index in [1.54, 1.807) is 41.9 Å². The summed E-state index contributed by atoms with van der Waals surface area (Å²) in [6, 6.07) is 6.53. The summed E-state index contributed by atoms with van der Waals surface area (Å²) in [7, 11) is 3.54. The molecule has 6 heteroatoms. The zero-order valence-corrected chi connectivity index (χ0v) is 11.8. The van der Waals surface area contributed by atoms with Crippen molar-refractivity contribution in [3.05, 3.63) is 41.3 Å². The van der Waals surface area contributed by atoms with Gasteiger partial charge in [-0.2, -0.15) is 5.10 Å². The molecule has 4 nitrogen and oxygen atoms in total. The number of aromatic nitrogens is 2. The van der Waals surface area contributed by atoms with Gasteiger partial charge in [0, 0.05) is 14.1 Å². The van der Waals surface area contributed by atoms with Gasteiger partial charge >= 0.3 is 0 Å². The molecule has 2 aromatic rings. The number of benzene rings is 1. The molecule has 0 radical (unpaired) electrons. The highest BCUT2D eigenvalue weighted by molar-refractivity contribution is 7.80. The van der Waals surface area contributed by atoms with E-state index in [2.05, 4.69) is 5.10 Å². The number of nitrogens with two attached hydrogens (primary N) is 1. The van der Waals surface area contributed by atoms with E-state index in [-0.39, 0.29) is 10.8 Å². The highest BCUT2D eigenvalue weighted by atomic mass is 32.1. The number of thiocarbonyl (C=S) groups is 1. The number of aryl methyl sites for hydroxylation is 2. The SMILES string of the molecule is Cc1nn(C)c(N(C)c2ccccc2F)c1C(N)=S. The summed E-state index contributed by atoms with van der Waals surface area (Å²) >= 11 is 5.06. The third kappa shape index (κ3) is 2.31. The van der Waals surface area contributed by atoms with Crippen LogP contribution in [0.15, 0.2) is 24.3 Å². The molecule has 0 atom stereocenters. The monoisotopic (exact) mass is 278 g/mol. The van der Waals surface area contributed by atoms with Crippen LogP contribution in [0.4, 0.5) is 15.9 Å². The van der Waals surface area contributed by atoms with Crippen LogP contribution in [0.5, 0.6) is 0 Å². The number of nitrogens with zero attached hydrogens (tertiary/aromatic N) is 3. The fourth-order valence-electron chi connectivity index (χ4n) is 2.16. The number of anilines is 2. The van der Waals surface area contributed by atoms with Crippen LogP contribution < -0.4 is 10.6 Å². The zero-order chi connectivity index (χ0) is 14.2. The highest BCUT2D eigenvalue weighted by Crippen LogP contribution is 2.30. The molecule has 0 aliphatic heterocycles. The first kappa shape index (κ1) is 13.5. The molecule has 0 aliphatic carbocycles. The van der Waals surface area contributed by atoms with Crippen LogP contribution in [0.25, 0.3) is 0 Å². The number of hydrogen-bond donors (Lipinski definition) is 1. The second kappa shape index (κ2) is 4.97. The average molecular weight is 278 g/mol. The maximum Gasteiger partial charge on any atom is 0.146 e. The Hall–Kier alpha value is -1.95. The average Bonchev–Trinajstić information content (AvgIpc) is 2.64. The van der Waals surface area contributed by atoms with Gasteiger partial charge in [-0.25, -0.2) is 4.39 Å². The van der Waals surface area contributed by atoms with Crippen molar-refractivity contribution >= 4 is 28.7 Å². The summed E-state index contributed by atoms with van der Waals surface area (Å²) in [4.78, 5) is 1.95. The summed E-state index contributed by atoms with van der Waals surface area (Å²) in [5.74, 6) is 0.368. The molecule has 19 heavy (non-hydrogen) atoms. The van der Waals surface area contributed by atoms with Crippen LogP contribution >= 0.6 is 12.2 Å². The van der Waals surface area contributed by atoms with Gasteiger partial charge in [-0.1, -0.05) is 24.4 Å². The van der Waals surface area contributed by atoms with E-state index >= 15 is 0 Å². The lowest BCUT2D eigenvalue weighted by Crippen LogP contribution is -2.20. The Labute approximate surface area is 116 Å². The fourth-order valence-corrected chi connectivity index (χ4v) is 2.40. The van der Waals surface area contributed by atoms with E-state index in [4.69, 9.17) is 18.0 Å². The van der Waals surface area contributed by atoms with Gasteiger partial charge < -0.3 is 10.6 Å². The van der Waals surface area contributed by atoms with Crippen LogP contribution in [0.3, 0.4) is 0 Å². The molecule has 0 saturated carbocycles. The summed E-state index contributed by atoms with van der Waals surface area (Å²) < 4.78 is 15.5. The summed E-state index contributed by atoms with van der Waals surface area (Å²) in [5.41, 5.74) is 7.59. The molecule has 2 rings (SSSR count). The van der Waals surface area contributed by atoms with E-state index in [0.717, 1.165) is 5.69 Å². The minimum absolute atomic E-state index is 0.254. The van der Waals surface area contributed by atoms with E-state index in [1.807, 2.05) is 6.92 Å². The van der Waals surface area contributed by atoms with E-state index in [9.17, 15) is 4.39 Å². The largest absolute Gasteiger partial charge is 0.389 e. The maximum atomic E-state index is 13.9. The Morgan fingerprint density at radius 3 is 2.63 bits per heavy atom. The topological polar surface area (TPSA) is 47.1 Å². The fraction of sp³-hybridized carbons (Fsp3) is 0.231. The molecule has 1 aromatic carbocycles. The quantitative estimate of drug-likeness (QED) is 0.875. The predicted molar refractivity (Wildman–Crippen MR) is 78.3 cm³/mol. The smallest absolute Gasteiger partial charge is 0.146 e. The standard InChI is InChI=1S/C13H15FN4S/c1-8-11(12(15)19)13(18(3)16-8)17(2)10-7-5-4-6-9(10)14/h4-7H,1-3H3,(H2,15,19). The van der Waals surface area contributed by atoms with Crippen molar-refractivity contribution in [2.45, 2.75) is 6.92 Å². The third-order valence-electron chi connectivity index (χ3n) is 2.97. The third-order valence-corrected chi connectivity index (χ3v) is 3.17. The Balaban J connectivity index is 2.59. The Morgan fingerprint density at radius 1 is 1.42 bits per heavy atom. The molecule has 1 heterocycles. The van der Waals surface area contributed by atoms with Crippen LogP contribution in [0.2, 0.25) is 0 Å². The van der Waals surface area contributed by atoms with Crippen molar-refractivity contribution in [1.29, 1.82) is 0 Å². The van der Waals surface area contributed by atoms with Crippen molar-refractivity contribution in [2.75, 3.05) is 11.9 Å². The molecular weight excluding hydrogens is 263 g/mol. The minimum Gasteiger partial charge on any atom is -0.389 e. The van der Waals surface area contributed by atoms with E-state index in [1.165, 1.54) is 6.07 Å². The second-order valence-corrected chi connectivity index (χ2v) is 4.72. The van der Waals surface area contributed by atoms with Gasteiger partial charge in [0.05, 0.1) is 16.9 Å². The lowest BCUT2D eigenvalue weighted by Gasteiger charge is -2.21. The Bertz CT molecular complexity index is 636. The van der Waals surface area contributed by atoms with Gasteiger partial charge in [0.1, 0.15) is 16.6 Å². The van der Waals surface area contributed by atoms with Crippen molar-refractivity contribution < 1.29 is 4.39 Å². The Morgan fingerprint density at radius 2 is 2.05 bits per heavy atom. The molecule has 1 aromatic heterocycles. The molecule has 0 amide bonds. The first-order valence-electron chi connectivity index (χ1n) is 5.75. The van der Waals surface area contributed by atoms with E-state index in [0.29, 0.717) is 17.1 Å². The summed E-state index contributed by atoms with van der Waals surface area (Å²) in [6.07, 6.45) is 0. The first-order chi connectivity index (χ1) is 8.93. The number of rotatable bonds is 3. The van der Waals surface area contributed by atoms with Crippen LogP contribution in [-0.2, 0) is 7.05 Å². The first-order valence-corrected chi connectivity index (χ1v) is 6.16. The molecular formula is C13H15FN4S. The second-order valence-electron chi connectivity index (χ2n) is 4.28. The number of para-hydroxylation sites is 1. The van der Waals surface area contributed by atoms with Gasteiger partial charge in [0.2, 0.25) is 0 Å². The molecule has 100 valence electrons. The predicted octanol–water partition coefficient (Wildman–Crippen LogP) is 2.27. The lowest BCUT2D eigenvalue weighted by atomic mass is 10.2. The minimum atomic E-state index is -0.308. The zero-order valence-electron chi connectivity index (χ0n) is 11.0.